The van der Waals surface area contributed by atoms with Gasteiger partial charge >= 0.3 is 179 Å². The van der Waals surface area contributed by atoms with Crippen LogP contribution in [0.1, 0.15) is 79.1 Å². The van der Waals surface area contributed by atoms with Crippen molar-refractivity contribution >= 4 is 52.9 Å². The van der Waals surface area contributed by atoms with Gasteiger partial charge in [0.15, 0.2) is 0 Å². The zero-order chi connectivity index (χ0) is 21.1. The van der Waals surface area contributed by atoms with E-state index in [4.69, 9.17) is 6.15 Å². The topological polar surface area (TPSA) is 52.6 Å². The van der Waals surface area contributed by atoms with Crippen molar-refractivity contribution in [1.29, 1.82) is 0 Å². The third-order valence-electron chi connectivity index (χ3n) is 4.65. The summed E-state index contributed by atoms with van der Waals surface area (Å²) in [6.45, 7) is 8.41. The van der Waals surface area contributed by atoms with E-state index in [-0.39, 0.29) is 23.8 Å². The molecule has 2 atom stereocenters. The summed E-state index contributed by atoms with van der Waals surface area (Å²) in [5.74, 6) is -0.0223. The van der Waals surface area contributed by atoms with E-state index in [1.165, 1.54) is 0 Å². The molecule has 0 bridgehead atoms. The van der Waals surface area contributed by atoms with E-state index in [1.807, 2.05) is 0 Å². The fourth-order valence-corrected chi connectivity index (χ4v) is 92.9. The molecule has 0 aliphatic carbocycles. The van der Waals surface area contributed by atoms with Crippen molar-refractivity contribution in [3.8, 4) is 0 Å². The van der Waals surface area contributed by atoms with Gasteiger partial charge in [0.25, 0.3) is 0 Å². The van der Waals surface area contributed by atoms with Gasteiger partial charge < -0.3 is 0 Å². The fourth-order valence-electron chi connectivity index (χ4n) is 3.16. The predicted molar refractivity (Wildman–Crippen MR) is 121 cm³/mol. The molecule has 0 saturated heterocycles. The van der Waals surface area contributed by atoms with Crippen molar-refractivity contribution in [2.24, 2.45) is 11.8 Å². The first-order chi connectivity index (χ1) is 12.5. The van der Waals surface area contributed by atoms with Crippen LogP contribution in [0.15, 0.2) is 0 Å². The molecule has 0 fully saturated rings. The Morgan fingerprint density at radius 1 is 0.741 bits per heavy atom. The summed E-state index contributed by atoms with van der Waals surface area (Å²) in [4.78, 5) is 33.7. The Balaban J connectivity index is 4.82. The summed E-state index contributed by atoms with van der Waals surface area (Å²) in [5.41, 5.74) is 0. The van der Waals surface area contributed by atoms with Crippen molar-refractivity contribution < 1.29 is 15.7 Å². The number of carbonyl (C=O) groups excluding carboxylic acids is 2. The number of hydrogen-bond donors (Lipinski definition) is 0. The molecule has 4 nitrogen and oxygen atoms in total. The van der Waals surface area contributed by atoms with Crippen LogP contribution >= 0.6 is 6.13 Å². The summed E-state index contributed by atoms with van der Waals surface area (Å²) in [6.07, 6.45) is 9.62. The molecule has 7 heteroatoms. The SMILES string of the molecule is CCCCC(CC)C(=O)[O][Sn]([CH3])([CH3])[S][Sn]([CH3])([CH3])[O]C(=O)C(CC)CCCC. The van der Waals surface area contributed by atoms with Crippen LogP contribution in [0.4, 0.5) is 0 Å². The van der Waals surface area contributed by atoms with Gasteiger partial charge in [-0.1, -0.05) is 0 Å². The van der Waals surface area contributed by atoms with Crippen LogP contribution in [0.5, 0.6) is 0 Å². The monoisotopic (exact) mass is 618 g/mol. The Morgan fingerprint density at radius 2 is 1.07 bits per heavy atom. The Labute approximate surface area is 178 Å². The molecule has 0 aliphatic rings. The molecule has 0 amide bonds. The van der Waals surface area contributed by atoms with Crippen LogP contribution < -0.4 is 0 Å². The second-order valence-corrected chi connectivity index (χ2v) is 52.3. The summed E-state index contributed by atoms with van der Waals surface area (Å²) < 4.78 is 12.1. The van der Waals surface area contributed by atoms with E-state index in [0.29, 0.717) is 0 Å². The molecule has 0 aromatic heterocycles. The van der Waals surface area contributed by atoms with E-state index < -0.39 is 34.8 Å². The molecule has 0 aliphatic heterocycles. The zero-order valence-electron chi connectivity index (χ0n) is 18.9. The number of unbranched alkanes of at least 4 members (excludes halogenated alkanes) is 2. The summed E-state index contributed by atoms with van der Waals surface area (Å²) in [7, 11) is 0. The van der Waals surface area contributed by atoms with Crippen molar-refractivity contribution in [2.75, 3.05) is 0 Å². The van der Waals surface area contributed by atoms with Gasteiger partial charge in [-0.05, 0) is 0 Å². The van der Waals surface area contributed by atoms with Gasteiger partial charge in [-0.15, -0.1) is 0 Å². The second kappa shape index (κ2) is 14.0. The zero-order valence-corrected chi connectivity index (χ0v) is 25.4. The molecule has 0 aromatic rings. The van der Waals surface area contributed by atoms with E-state index in [1.54, 1.807) is 6.13 Å². The van der Waals surface area contributed by atoms with Crippen molar-refractivity contribution in [1.82, 2.24) is 0 Å². The predicted octanol–water partition coefficient (Wildman–Crippen LogP) is 6.64. The van der Waals surface area contributed by atoms with E-state index in [0.717, 1.165) is 51.4 Å². The molecule has 0 heterocycles. The Morgan fingerprint density at radius 3 is 1.33 bits per heavy atom. The normalized spacial score (nSPS) is 14.5. The maximum atomic E-state index is 12.6. The Bertz CT molecular complexity index is 415. The average molecular weight is 616 g/mol. The fraction of sp³-hybridized carbons (Fsp3) is 0.900. The van der Waals surface area contributed by atoms with Crippen LogP contribution in [-0.2, 0) is 15.7 Å². The maximum absolute atomic E-state index is 12.6. The molecular formula is C20H42O4SSn2. The molecule has 27 heavy (non-hydrogen) atoms. The van der Waals surface area contributed by atoms with Crippen LogP contribution in [0.3, 0.4) is 0 Å². The molecule has 0 radical (unpaired) electrons. The third kappa shape index (κ3) is 12.2. The molecular weight excluding hydrogens is 574 g/mol. The molecule has 0 saturated carbocycles. The number of hydrogen-bond acceptors (Lipinski definition) is 5. The first-order valence-corrected chi connectivity index (χ1v) is 32.2. The number of rotatable bonds is 14. The van der Waals surface area contributed by atoms with E-state index in [2.05, 4.69) is 47.5 Å². The second-order valence-electron chi connectivity index (χ2n) is 8.24. The van der Waals surface area contributed by atoms with Gasteiger partial charge in [-0.25, -0.2) is 0 Å². The van der Waals surface area contributed by atoms with Gasteiger partial charge in [-0.2, -0.15) is 0 Å². The van der Waals surface area contributed by atoms with Gasteiger partial charge in [-0.3, -0.25) is 0 Å². The quantitative estimate of drug-likeness (QED) is 0.205. The van der Waals surface area contributed by atoms with Crippen LogP contribution in [0.2, 0.25) is 19.8 Å². The molecule has 0 spiro atoms. The van der Waals surface area contributed by atoms with E-state index in [9.17, 15) is 9.59 Å². The third-order valence-corrected chi connectivity index (χ3v) is 75.6. The molecule has 160 valence electrons. The summed E-state index contributed by atoms with van der Waals surface area (Å²) in [5, 5.41) is 0. The molecule has 2 unspecified atom stereocenters. The number of carbonyl (C=O) groups is 2. The minimum absolute atomic E-state index is 0.0147. The van der Waals surface area contributed by atoms with Gasteiger partial charge in [0.2, 0.25) is 0 Å². The Hall–Kier alpha value is 0.887. The molecule has 0 N–H and O–H groups in total. The van der Waals surface area contributed by atoms with Gasteiger partial charge in [0.05, 0.1) is 0 Å². The van der Waals surface area contributed by atoms with Crippen molar-refractivity contribution in [3.05, 3.63) is 0 Å². The first kappa shape index (κ1) is 27.9. The minimum atomic E-state index is -3.10. The standard InChI is InChI=1S/2C8H16O2.4CH3.S.2Sn/c2*1-3-5-6-7(4-2)8(9)10;;;;;;;/h2*7H,3-6H2,1-2H3,(H,9,10);4*1H3;;;/q;;;;;;;2*+1/p-2. The summed E-state index contributed by atoms with van der Waals surface area (Å²) >= 11 is -6.20. The average Bonchev–Trinajstić information content (AvgIpc) is 2.54. The van der Waals surface area contributed by atoms with Gasteiger partial charge in [0, 0.05) is 0 Å². The molecule has 0 rings (SSSR count). The van der Waals surface area contributed by atoms with Crippen LogP contribution in [0, 0.1) is 11.8 Å². The Kier molecular flexibility index (Phi) is 14.5. The first-order valence-electron chi connectivity index (χ1n) is 10.7. The summed E-state index contributed by atoms with van der Waals surface area (Å²) in [6, 6.07) is 0. The molecule has 0 aromatic carbocycles. The van der Waals surface area contributed by atoms with Crippen molar-refractivity contribution in [3.63, 3.8) is 0 Å². The van der Waals surface area contributed by atoms with E-state index >= 15 is 0 Å². The van der Waals surface area contributed by atoms with Crippen LogP contribution in [0.25, 0.3) is 0 Å². The van der Waals surface area contributed by atoms with Gasteiger partial charge in [0.1, 0.15) is 0 Å². The van der Waals surface area contributed by atoms with Crippen molar-refractivity contribution in [2.45, 2.75) is 98.8 Å². The van der Waals surface area contributed by atoms with Crippen LogP contribution in [-0.4, -0.2) is 46.8 Å².